The number of carboxylic acid groups (broad SMARTS) is 1. The molecule has 1 saturated carbocycles. The first kappa shape index (κ1) is 16.5. The van der Waals surface area contributed by atoms with Crippen molar-refractivity contribution in [1.82, 2.24) is 14.5 Å². The molecule has 27 heavy (non-hydrogen) atoms. The van der Waals surface area contributed by atoms with Gasteiger partial charge in [0.05, 0.1) is 23.0 Å². The van der Waals surface area contributed by atoms with Gasteiger partial charge in [0.25, 0.3) is 5.91 Å². The molecule has 0 bridgehead atoms. The van der Waals surface area contributed by atoms with Gasteiger partial charge in [-0.2, -0.15) is 0 Å². The van der Waals surface area contributed by atoms with E-state index in [4.69, 9.17) is 0 Å². The van der Waals surface area contributed by atoms with Gasteiger partial charge in [-0.05, 0) is 37.5 Å². The third-order valence-electron chi connectivity index (χ3n) is 6.14. The first-order valence-corrected chi connectivity index (χ1v) is 9.53. The topological polar surface area (TPSA) is 75.4 Å². The summed E-state index contributed by atoms with van der Waals surface area (Å²) in [6.07, 6.45) is 5.94. The van der Waals surface area contributed by atoms with Crippen LogP contribution < -0.4 is 0 Å². The van der Waals surface area contributed by atoms with Crippen LogP contribution >= 0.6 is 0 Å². The maximum Gasteiger partial charge on any atom is 0.356 e. The number of rotatable bonds is 2. The van der Waals surface area contributed by atoms with Gasteiger partial charge < -0.3 is 10.0 Å². The number of hydrogen-bond donors (Lipinski definition) is 1. The normalized spacial score (nSPS) is 21.7. The molecule has 5 rings (SSSR count). The van der Waals surface area contributed by atoms with E-state index < -0.39 is 11.8 Å². The summed E-state index contributed by atoms with van der Waals surface area (Å²) in [7, 11) is 0. The molecule has 7 heteroatoms. The molecule has 3 heterocycles. The zero-order chi connectivity index (χ0) is 18.7. The van der Waals surface area contributed by atoms with E-state index in [1.165, 1.54) is 18.6 Å². The van der Waals surface area contributed by atoms with E-state index in [9.17, 15) is 19.1 Å². The van der Waals surface area contributed by atoms with Crippen LogP contribution in [0, 0.1) is 5.82 Å². The highest BCUT2D eigenvalue weighted by Gasteiger charge is 2.44. The summed E-state index contributed by atoms with van der Waals surface area (Å²) in [6.45, 7) is 0.544. The molecule has 6 nitrogen and oxygen atoms in total. The van der Waals surface area contributed by atoms with Crippen LogP contribution in [0.25, 0.3) is 5.69 Å². The molecule has 1 amide bonds. The average molecular weight is 369 g/mol. The van der Waals surface area contributed by atoms with Gasteiger partial charge in [0.2, 0.25) is 0 Å². The molecule has 1 aromatic carbocycles. The van der Waals surface area contributed by atoms with Crippen molar-refractivity contribution in [1.29, 1.82) is 0 Å². The van der Waals surface area contributed by atoms with Crippen molar-refractivity contribution in [3.8, 4) is 5.69 Å². The second-order valence-electron chi connectivity index (χ2n) is 7.64. The predicted octanol–water partition coefficient (Wildman–Crippen LogP) is 3.66. The number of fused-ring (bicyclic) bond motifs is 5. The van der Waals surface area contributed by atoms with Crippen molar-refractivity contribution in [2.45, 2.75) is 50.5 Å². The number of hydrogen-bond acceptors (Lipinski definition) is 3. The largest absolute Gasteiger partial charge is 0.476 e. The van der Waals surface area contributed by atoms with Gasteiger partial charge in [-0.3, -0.25) is 9.36 Å². The number of benzene rings is 1. The minimum absolute atomic E-state index is 0.0234. The van der Waals surface area contributed by atoms with Crippen LogP contribution in [0.1, 0.15) is 82.8 Å². The quantitative estimate of drug-likeness (QED) is 0.877. The number of halogens is 1. The molecule has 2 aliphatic heterocycles. The Bertz CT molecular complexity index is 962. The number of carboxylic acids is 1. The van der Waals surface area contributed by atoms with E-state index in [1.807, 2.05) is 4.57 Å². The molecule has 140 valence electrons. The van der Waals surface area contributed by atoms with Crippen LogP contribution in [-0.4, -0.2) is 38.0 Å². The van der Waals surface area contributed by atoms with Gasteiger partial charge in [0, 0.05) is 12.5 Å². The number of aromatic carboxylic acids is 1. The first-order valence-electron chi connectivity index (χ1n) is 9.53. The lowest BCUT2D eigenvalue weighted by atomic mass is 9.88. The van der Waals surface area contributed by atoms with E-state index in [2.05, 4.69) is 4.98 Å². The number of amides is 1. The van der Waals surface area contributed by atoms with E-state index in [-0.39, 0.29) is 29.1 Å². The predicted molar refractivity (Wildman–Crippen MR) is 94.7 cm³/mol. The monoisotopic (exact) mass is 369 g/mol. The van der Waals surface area contributed by atoms with Crippen LogP contribution in [0.2, 0.25) is 0 Å². The number of aromatic nitrogens is 2. The molecule has 3 aliphatic rings. The van der Waals surface area contributed by atoms with Crippen LogP contribution in [0.15, 0.2) is 18.2 Å². The van der Waals surface area contributed by atoms with Crippen LogP contribution in [0.3, 0.4) is 0 Å². The second-order valence-corrected chi connectivity index (χ2v) is 7.64. The van der Waals surface area contributed by atoms with Crippen LogP contribution in [0.5, 0.6) is 0 Å². The summed E-state index contributed by atoms with van der Waals surface area (Å²) in [5.41, 5.74) is 1.42. The molecule has 2 aromatic rings. The fourth-order valence-corrected chi connectivity index (χ4v) is 4.75. The summed E-state index contributed by atoms with van der Waals surface area (Å²) in [5.74, 6) is -0.928. The van der Waals surface area contributed by atoms with E-state index in [0.29, 0.717) is 30.2 Å². The Balaban J connectivity index is 1.81. The van der Waals surface area contributed by atoms with E-state index in [0.717, 1.165) is 25.7 Å². The van der Waals surface area contributed by atoms with Gasteiger partial charge in [0.15, 0.2) is 5.69 Å². The number of imidazole rings is 1. The highest BCUT2D eigenvalue weighted by atomic mass is 19.1. The molecule has 0 unspecified atom stereocenters. The fourth-order valence-electron chi connectivity index (χ4n) is 4.75. The Morgan fingerprint density at radius 3 is 2.63 bits per heavy atom. The van der Waals surface area contributed by atoms with Crippen molar-refractivity contribution in [3.63, 3.8) is 0 Å². The maximum absolute atomic E-state index is 13.9. The SMILES string of the molecule is O=C(O)c1nc(C2CCCCC2)n2c1[C@@H]1CCN1C(=O)c1cc(F)ccc1-2. The van der Waals surface area contributed by atoms with Gasteiger partial charge in [0.1, 0.15) is 11.6 Å². The van der Waals surface area contributed by atoms with E-state index >= 15 is 0 Å². The summed E-state index contributed by atoms with van der Waals surface area (Å²) >= 11 is 0. The zero-order valence-corrected chi connectivity index (χ0v) is 14.8. The highest BCUT2D eigenvalue weighted by Crippen LogP contribution is 2.44. The Hall–Kier alpha value is -2.70. The van der Waals surface area contributed by atoms with Gasteiger partial charge in [-0.15, -0.1) is 0 Å². The van der Waals surface area contributed by atoms with Crippen molar-refractivity contribution in [2.24, 2.45) is 0 Å². The maximum atomic E-state index is 13.9. The van der Waals surface area contributed by atoms with Crippen molar-refractivity contribution < 1.29 is 19.1 Å². The third-order valence-corrected chi connectivity index (χ3v) is 6.14. The standard InChI is InChI=1S/C20H20FN3O3/c21-12-6-7-14-13(10-12)19(25)23-9-8-15(23)17-16(20(26)27)22-18(24(14)17)11-4-2-1-3-5-11/h6-7,10-11,15H,1-5,8-9H2,(H,26,27)/t15-/m0/s1. The molecule has 1 N–H and O–H groups in total. The average Bonchev–Trinajstić information content (AvgIpc) is 2.99. The number of carbonyl (C=O) groups excluding carboxylic acids is 1. The molecular weight excluding hydrogens is 349 g/mol. The summed E-state index contributed by atoms with van der Waals surface area (Å²) in [6, 6.07) is 3.85. The summed E-state index contributed by atoms with van der Waals surface area (Å²) in [4.78, 5) is 31.1. The Kier molecular flexibility index (Phi) is 3.60. The zero-order valence-electron chi connectivity index (χ0n) is 14.8. The number of nitrogens with zero attached hydrogens (tertiary/aromatic N) is 3. The summed E-state index contributed by atoms with van der Waals surface area (Å²) in [5, 5.41) is 9.79. The molecule has 0 radical (unpaired) electrons. The van der Waals surface area contributed by atoms with E-state index in [1.54, 1.807) is 11.0 Å². The Labute approximate surface area is 155 Å². The molecule has 2 fully saturated rings. The van der Waals surface area contributed by atoms with Crippen molar-refractivity contribution in [3.05, 3.63) is 46.8 Å². The Morgan fingerprint density at radius 2 is 1.96 bits per heavy atom. The molecule has 1 atom stereocenters. The van der Waals surface area contributed by atoms with Gasteiger partial charge >= 0.3 is 5.97 Å². The molecule has 1 aliphatic carbocycles. The lowest BCUT2D eigenvalue weighted by Gasteiger charge is -2.39. The Morgan fingerprint density at radius 1 is 1.19 bits per heavy atom. The molecule has 0 spiro atoms. The minimum Gasteiger partial charge on any atom is -0.476 e. The lowest BCUT2D eigenvalue weighted by molar-refractivity contribution is 0.0448. The molecule has 1 saturated heterocycles. The highest BCUT2D eigenvalue weighted by molar-refractivity contribution is 6.00. The lowest BCUT2D eigenvalue weighted by Crippen LogP contribution is -2.45. The molecule has 1 aromatic heterocycles. The number of carbonyl (C=O) groups is 2. The van der Waals surface area contributed by atoms with Gasteiger partial charge in [-0.1, -0.05) is 19.3 Å². The van der Waals surface area contributed by atoms with Gasteiger partial charge in [-0.25, -0.2) is 14.2 Å². The molecular formula is C20H20FN3O3. The van der Waals surface area contributed by atoms with Crippen LogP contribution in [0.4, 0.5) is 4.39 Å². The second kappa shape index (κ2) is 5.90. The smallest absolute Gasteiger partial charge is 0.356 e. The fraction of sp³-hybridized carbons (Fsp3) is 0.450. The van der Waals surface area contributed by atoms with Crippen LogP contribution in [-0.2, 0) is 0 Å². The first-order chi connectivity index (χ1) is 13.1. The van der Waals surface area contributed by atoms with Crippen molar-refractivity contribution in [2.75, 3.05) is 6.54 Å². The summed E-state index contributed by atoms with van der Waals surface area (Å²) < 4.78 is 15.8. The minimum atomic E-state index is -1.08. The third kappa shape index (κ3) is 2.33. The van der Waals surface area contributed by atoms with Crippen molar-refractivity contribution >= 4 is 11.9 Å².